The van der Waals surface area contributed by atoms with E-state index >= 15 is 0 Å². The molecule has 1 amide bonds. The lowest BCUT2D eigenvalue weighted by molar-refractivity contribution is -0.133. The summed E-state index contributed by atoms with van der Waals surface area (Å²) in [6.07, 6.45) is 3.42. The lowest BCUT2D eigenvalue weighted by Crippen LogP contribution is -2.31. The van der Waals surface area contributed by atoms with Crippen LogP contribution < -0.4 is 0 Å². The zero-order chi connectivity index (χ0) is 22.7. The van der Waals surface area contributed by atoms with Crippen molar-refractivity contribution in [3.05, 3.63) is 81.9 Å². The molecule has 1 heterocycles. The SMILES string of the molecule is CN(Cc1cccc(Cl)c1)C(=O)COC(=O)c1nn(-c2ccc(F)cc2)c2c1CCCC2. The molecule has 0 saturated carbocycles. The predicted molar refractivity (Wildman–Crippen MR) is 118 cm³/mol. The van der Waals surface area contributed by atoms with Crippen molar-refractivity contribution < 1.29 is 18.7 Å². The summed E-state index contributed by atoms with van der Waals surface area (Å²) in [6.45, 7) is -0.0282. The molecule has 1 aromatic heterocycles. The Morgan fingerprint density at radius 3 is 2.66 bits per heavy atom. The Labute approximate surface area is 190 Å². The average Bonchev–Trinajstić information content (AvgIpc) is 3.17. The van der Waals surface area contributed by atoms with Gasteiger partial charge in [-0.05, 0) is 67.6 Å². The maximum atomic E-state index is 13.3. The third-order valence-corrected chi connectivity index (χ3v) is 5.74. The maximum Gasteiger partial charge on any atom is 0.359 e. The summed E-state index contributed by atoms with van der Waals surface area (Å²) < 4.78 is 20.3. The molecule has 3 aromatic rings. The molecule has 0 aliphatic heterocycles. The molecular formula is C24H23ClFN3O3. The molecule has 0 atom stereocenters. The third kappa shape index (κ3) is 4.83. The van der Waals surface area contributed by atoms with E-state index in [4.69, 9.17) is 16.3 Å². The molecule has 0 fully saturated rings. The Balaban J connectivity index is 1.46. The van der Waals surface area contributed by atoms with Gasteiger partial charge in [-0.3, -0.25) is 4.79 Å². The monoisotopic (exact) mass is 455 g/mol. The Morgan fingerprint density at radius 2 is 1.91 bits per heavy atom. The summed E-state index contributed by atoms with van der Waals surface area (Å²) in [7, 11) is 1.64. The number of fused-ring (bicyclic) bond motifs is 1. The van der Waals surface area contributed by atoms with E-state index in [0.29, 0.717) is 23.7 Å². The van der Waals surface area contributed by atoms with E-state index in [2.05, 4.69) is 5.10 Å². The van der Waals surface area contributed by atoms with E-state index < -0.39 is 5.97 Å². The van der Waals surface area contributed by atoms with Gasteiger partial charge in [0.1, 0.15) is 5.82 Å². The largest absolute Gasteiger partial charge is 0.451 e. The van der Waals surface area contributed by atoms with Gasteiger partial charge in [-0.2, -0.15) is 5.10 Å². The van der Waals surface area contributed by atoms with Crippen molar-refractivity contribution in [1.82, 2.24) is 14.7 Å². The number of ether oxygens (including phenoxy) is 1. The van der Waals surface area contributed by atoms with Crippen molar-refractivity contribution >= 4 is 23.5 Å². The number of hydrogen-bond acceptors (Lipinski definition) is 4. The summed E-state index contributed by atoms with van der Waals surface area (Å²) in [5.74, 6) is -1.30. The molecule has 1 aliphatic carbocycles. The third-order valence-electron chi connectivity index (χ3n) is 5.51. The highest BCUT2D eigenvalue weighted by Gasteiger charge is 2.27. The molecule has 0 saturated heterocycles. The first-order valence-electron chi connectivity index (χ1n) is 10.4. The number of nitrogens with zero attached hydrogens (tertiary/aromatic N) is 3. The number of benzene rings is 2. The van der Waals surface area contributed by atoms with Gasteiger partial charge in [-0.15, -0.1) is 0 Å². The number of halogens is 2. The fourth-order valence-electron chi connectivity index (χ4n) is 3.86. The number of amides is 1. The van der Waals surface area contributed by atoms with Crippen molar-refractivity contribution in [3.8, 4) is 5.69 Å². The molecule has 4 rings (SSSR count). The minimum atomic E-state index is -0.631. The van der Waals surface area contributed by atoms with Gasteiger partial charge in [0, 0.05) is 29.9 Å². The van der Waals surface area contributed by atoms with E-state index in [1.165, 1.54) is 17.0 Å². The quantitative estimate of drug-likeness (QED) is 0.518. The Kier molecular flexibility index (Phi) is 6.55. The Morgan fingerprint density at radius 1 is 1.16 bits per heavy atom. The maximum absolute atomic E-state index is 13.3. The van der Waals surface area contributed by atoms with Crippen LogP contribution in [-0.2, 0) is 28.9 Å². The standard InChI is InChI=1S/C24H23ClFN3O3/c1-28(14-16-5-4-6-17(25)13-16)22(30)15-32-24(31)23-20-7-2-3-8-21(20)29(27-23)19-11-9-18(26)10-12-19/h4-6,9-13H,2-3,7-8,14-15H2,1H3. The first-order chi connectivity index (χ1) is 15.4. The average molecular weight is 456 g/mol. The molecule has 2 aromatic carbocycles. The number of rotatable bonds is 6. The lowest BCUT2D eigenvalue weighted by atomic mass is 9.95. The number of aromatic nitrogens is 2. The molecule has 8 heteroatoms. The lowest BCUT2D eigenvalue weighted by Gasteiger charge is -2.17. The summed E-state index contributed by atoms with van der Waals surface area (Å²) in [4.78, 5) is 26.7. The van der Waals surface area contributed by atoms with Crippen molar-refractivity contribution in [3.63, 3.8) is 0 Å². The number of hydrogen-bond donors (Lipinski definition) is 0. The smallest absolute Gasteiger partial charge is 0.359 e. The minimum absolute atomic E-state index is 0.217. The molecular weight excluding hydrogens is 433 g/mol. The molecule has 0 spiro atoms. The number of carbonyl (C=O) groups excluding carboxylic acids is 2. The van der Waals surface area contributed by atoms with Crippen LogP contribution in [-0.4, -0.2) is 40.2 Å². The number of carbonyl (C=O) groups is 2. The zero-order valence-electron chi connectivity index (χ0n) is 17.7. The van der Waals surface area contributed by atoms with Crippen molar-refractivity contribution in [2.24, 2.45) is 0 Å². The van der Waals surface area contributed by atoms with Crippen LogP contribution in [0.15, 0.2) is 48.5 Å². The van der Waals surface area contributed by atoms with Crippen LogP contribution in [0.1, 0.15) is 40.2 Å². The van der Waals surface area contributed by atoms with Gasteiger partial charge < -0.3 is 9.64 Å². The number of likely N-dealkylation sites (N-methyl/N-ethyl adjacent to an activating group) is 1. The molecule has 166 valence electrons. The van der Waals surface area contributed by atoms with Crippen molar-refractivity contribution in [1.29, 1.82) is 0 Å². The van der Waals surface area contributed by atoms with Gasteiger partial charge in [-0.1, -0.05) is 23.7 Å². The highest BCUT2D eigenvalue weighted by atomic mass is 35.5. The van der Waals surface area contributed by atoms with Gasteiger partial charge in [0.15, 0.2) is 12.3 Å². The Bertz CT molecular complexity index is 1140. The van der Waals surface area contributed by atoms with Crippen LogP contribution in [0.25, 0.3) is 5.69 Å². The van der Waals surface area contributed by atoms with Gasteiger partial charge in [0.05, 0.1) is 5.69 Å². The summed E-state index contributed by atoms with van der Waals surface area (Å²) in [5, 5.41) is 5.07. The van der Waals surface area contributed by atoms with Crippen LogP contribution in [0.2, 0.25) is 5.02 Å². The van der Waals surface area contributed by atoms with Crippen molar-refractivity contribution in [2.45, 2.75) is 32.2 Å². The summed E-state index contributed by atoms with van der Waals surface area (Å²) >= 11 is 5.99. The highest BCUT2D eigenvalue weighted by Crippen LogP contribution is 2.27. The molecule has 32 heavy (non-hydrogen) atoms. The second-order valence-corrected chi connectivity index (χ2v) is 8.26. The molecule has 0 unspecified atom stereocenters. The van der Waals surface area contributed by atoms with Crippen LogP contribution in [0.4, 0.5) is 4.39 Å². The minimum Gasteiger partial charge on any atom is -0.451 e. The van der Waals surface area contributed by atoms with E-state index in [1.54, 1.807) is 36.0 Å². The van der Waals surface area contributed by atoms with E-state index in [1.807, 2.05) is 12.1 Å². The normalized spacial score (nSPS) is 12.8. The molecule has 1 aliphatic rings. The van der Waals surface area contributed by atoms with Crippen LogP contribution in [0.5, 0.6) is 0 Å². The van der Waals surface area contributed by atoms with Crippen molar-refractivity contribution in [2.75, 3.05) is 13.7 Å². The molecule has 6 nitrogen and oxygen atoms in total. The predicted octanol–water partition coefficient (Wildman–Crippen LogP) is 4.36. The van der Waals surface area contributed by atoms with Gasteiger partial charge in [0.2, 0.25) is 0 Å². The van der Waals surface area contributed by atoms with Gasteiger partial charge in [0.25, 0.3) is 5.91 Å². The topological polar surface area (TPSA) is 64.4 Å². The number of esters is 1. The van der Waals surface area contributed by atoms with Gasteiger partial charge >= 0.3 is 5.97 Å². The van der Waals surface area contributed by atoms with Gasteiger partial charge in [-0.25, -0.2) is 13.9 Å². The first-order valence-corrected chi connectivity index (χ1v) is 10.8. The summed E-state index contributed by atoms with van der Waals surface area (Å²) in [5.41, 5.74) is 3.55. The molecule has 0 bridgehead atoms. The second-order valence-electron chi connectivity index (χ2n) is 7.83. The summed E-state index contributed by atoms with van der Waals surface area (Å²) in [6, 6.07) is 13.2. The molecule has 0 N–H and O–H groups in total. The zero-order valence-corrected chi connectivity index (χ0v) is 18.4. The van der Waals surface area contributed by atoms with Crippen LogP contribution in [0, 0.1) is 5.82 Å². The molecule has 0 radical (unpaired) electrons. The van der Waals surface area contributed by atoms with E-state index in [9.17, 15) is 14.0 Å². The van der Waals surface area contributed by atoms with E-state index in [-0.39, 0.29) is 24.0 Å². The highest BCUT2D eigenvalue weighted by molar-refractivity contribution is 6.30. The van der Waals surface area contributed by atoms with Crippen LogP contribution in [0.3, 0.4) is 0 Å². The van der Waals surface area contributed by atoms with E-state index in [0.717, 1.165) is 36.1 Å². The fraction of sp³-hybridized carbons (Fsp3) is 0.292. The first kappa shape index (κ1) is 22.0. The fourth-order valence-corrected chi connectivity index (χ4v) is 4.07. The second kappa shape index (κ2) is 9.53. The Hall–Kier alpha value is -3.19. The van der Waals surface area contributed by atoms with Crippen LogP contribution >= 0.6 is 11.6 Å².